The van der Waals surface area contributed by atoms with E-state index in [1.165, 1.54) is 4.90 Å². The summed E-state index contributed by atoms with van der Waals surface area (Å²) in [6, 6.07) is 7.47. The number of carbonyl (C=O) groups excluding carboxylic acids is 1. The minimum Gasteiger partial charge on any atom is -0.496 e. The van der Waals surface area contributed by atoms with Gasteiger partial charge >= 0.3 is 0 Å². The van der Waals surface area contributed by atoms with Gasteiger partial charge in [0.2, 0.25) is 5.91 Å². The van der Waals surface area contributed by atoms with E-state index < -0.39 is 0 Å². The third-order valence-corrected chi connectivity index (χ3v) is 2.91. The number of benzene rings is 1. The number of ether oxygens (including phenoxy) is 1. The zero-order chi connectivity index (χ0) is 12.8. The van der Waals surface area contributed by atoms with Crippen molar-refractivity contribution in [1.82, 2.24) is 4.90 Å². The number of hydrogen-bond donors (Lipinski definition) is 0. The van der Waals surface area contributed by atoms with Gasteiger partial charge in [0.1, 0.15) is 12.2 Å². The van der Waals surface area contributed by atoms with Crippen LogP contribution in [0.5, 0.6) is 5.75 Å². The lowest BCUT2D eigenvalue weighted by Crippen LogP contribution is -2.25. The minimum absolute atomic E-state index is 0.0895. The summed E-state index contributed by atoms with van der Waals surface area (Å²) in [6.45, 7) is 0.475. The van der Waals surface area contributed by atoms with Crippen LogP contribution in [0.2, 0.25) is 0 Å². The Morgan fingerprint density at radius 2 is 2.29 bits per heavy atom. The molecule has 1 amide bonds. The minimum atomic E-state index is -0.181. The first-order valence-electron chi connectivity index (χ1n) is 5.01. The molecule has 0 aliphatic heterocycles. The van der Waals surface area contributed by atoms with Crippen molar-refractivity contribution in [3.63, 3.8) is 0 Å². The maximum atomic E-state index is 11.4. The van der Waals surface area contributed by atoms with Crippen molar-refractivity contribution in [3.8, 4) is 11.8 Å². The van der Waals surface area contributed by atoms with E-state index in [0.29, 0.717) is 6.54 Å². The molecular formula is C12H13BrN2O2. The van der Waals surface area contributed by atoms with Gasteiger partial charge < -0.3 is 9.64 Å². The van der Waals surface area contributed by atoms with Gasteiger partial charge in [-0.15, -0.1) is 0 Å². The van der Waals surface area contributed by atoms with Crippen molar-refractivity contribution >= 4 is 21.8 Å². The molecule has 1 rings (SSSR count). The molecule has 0 aliphatic carbocycles. The van der Waals surface area contributed by atoms with Crippen molar-refractivity contribution in [2.45, 2.75) is 13.0 Å². The van der Waals surface area contributed by atoms with Crippen molar-refractivity contribution < 1.29 is 9.53 Å². The van der Waals surface area contributed by atoms with Gasteiger partial charge in [0, 0.05) is 13.6 Å². The molecule has 0 N–H and O–H groups in total. The largest absolute Gasteiger partial charge is 0.496 e. The van der Waals surface area contributed by atoms with Gasteiger partial charge in [0.15, 0.2) is 0 Å². The van der Waals surface area contributed by atoms with E-state index in [4.69, 9.17) is 10.00 Å². The van der Waals surface area contributed by atoms with Crippen LogP contribution in [0.15, 0.2) is 22.7 Å². The first kappa shape index (κ1) is 13.5. The molecule has 0 saturated heterocycles. The smallest absolute Gasteiger partial charge is 0.236 e. The molecule has 0 bridgehead atoms. The molecule has 0 aromatic heterocycles. The Morgan fingerprint density at radius 1 is 1.59 bits per heavy atom. The van der Waals surface area contributed by atoms with Crippen LogP contribution in [0, 0.1) is 11.3 Å². The second kappa shape index (κ2) is 6.26. The van der Waals surface area contributed by atoms with E-state index in [0.717, 1.165) is 15.8 Å². The zero-order valence-electron chi connectivity index (χ0n) is 9.74. The van der Waals surface area contributed by atoms with Crippen molar-refractivity contribution in [3.05, 3.63) is 28.2 Å². The van der Waals surface area contributed by atoms with Crippen molar-refractivity contribution in [2.24, 2.45) is 0 Å². The van der Waals surface area contributed by atoms with Crippen LogP contribution in [-0.4, -0.2) is 25.0 Å². The van der Waals surface area contributed by atoms with Gasteiger partial charge in [0.05, 0.1) is 17.7 Å². The Hall–Kier alpha value is -1.54. The summed E-state index contributed by atoms with van der Waals surface area (Å²) in [5.74, 6) is 0.569. The Balaban J connectivity index is 2.73. The molecule has 90 valence electrons. The van der Waals surface area contributed by atoms with Gasteiger partial charge in [-0.05, 0) is 33.6 Å². The highest BCUT2D eigenvalue weighted by atomic mass is 79.9. The molecular weight excluding hydrogens is 284 g/mol. The summed E-state index contributed by atoms with van der Waals surface area (Å²) in [4.78, 5) is 12.9. The van der Waals surface area contributed by atoms with Crippen molar-refractivity contribution in [2.75, 3.05) is 14.2 Å². The van der Waals surface area contributed by atoms with Gasteiger partial charge in [-0.2, -0.15) is 5.26 Å². The van der Waals surface area contributed by atoms with Crippen LogP contribution >= 0.6 is 15.9 Å². The number of amides is 1. The second-order valence-corrected chi connectivity index (χ2v) is 4.41. The number of hydrogen-bond acceptors (Lipinski definition) is 3. The fourth-order valence-corrected chi connectivity index (χ4v) is 1.96. The molecule has 0 heterocycles. The van der Waals surface area contributed by atoms with Crippen LogP contribution < -0.4 is 4.74 Å². The summed E-state index contributed by atoms with van der Waals surface area (Å²) in [6.07, 6.45) is -0.0895. The van der Waals surface area contributed by atoms with E-state index in [9.17, 15) is 4.79 Å². The third-order valence-electron chi connectivity index (χ3n) is 2.29. The standard InChI is InChI=1S/C12H13BrN2O2/c1-15(12(16)5-6-14)8-9-3-4-11(17-2)10(13)7-9/h3-4,7H,5,8H2,1-2H3. The van der Waals surface area contributed by atoms with E-state index in [1.807, 2.05) is 24.3 Å². The lowest BCUT2D eigenvalue weighted by molar-refractivity contribution is -0.129. The summed E-state index contributed by atoms with van der Waals surface area (Å²) in [7, 11) is 3.28. The number of nitriles is 1. The Kier molecular flexibility index (Phi) is 4.98. The Bertz CT molecular complexity index is 454. The SMILES string of the molecule is COc1ccc(CN(C)C(=O)CC#N)cc1Br. The van der Waals surface area contributed by atoms with E-state index in [1.54, 1.807) is 14.2 Å². The summed E-state index contributed by atoms with van der Waals surface area (Å²) in [5.41, 5.74) is 0.978. The van der Waals surface area contributed by atoms with Crippen LogP contribution in [0.3, 0.4) is 0 Å². The van der Waals surface area contributed by atoms with Gasteiger partial charge in [0.25, 0.3) is 0 Å². The molecule has 0 radical (unpaired) electrons. The third kappa shape index (κ3) is 3.75. The van der Waals surface area contributed by atoms with Crippen molar-refractivity contribution in [1.29, 1.82) is 5.26 Å². The maximum Gasteiger partial charge on any atom is 0.236 e. The van der Waals surface area contributed by atoms with E-state index >= 15 is 0 Å². The number of carbonyl (C=O) groups is 1. The number of halogens is 1. The first-order valence-corrected chi connectivity index (χ1v) is 5.81. The van der Waals surface area contributed by atoms with Gasteiger partial charge in [-0.3, -0.25) is 4.79 Å². The molecule has 0 unspecified atom stereocenters. The van der Waals surface area contributed by atoms with Crippen LogP contribution in [0.25, 0.3) is 0 Å². The fourth-order valence-electron chi connectivity index (χ4n) is 1.37. The summed E-state index contributed by atoms with van der Waals surface area (Å²) in [5, 5.41) is 8.44. The predicted molar refractivity (Wildman–Crippen MR) is 67.4 cm³/mol. The molecule has 1 aromatic rings. The average molecular weight is 297 g/mol. The molecule has 17 heavy (non-hydrogen) atoms. The van der Waals surface area contributed by atoms with Gasteiger partial charge in [-0.1, -0.05) is 6.07 Å². The topological polar surface area (TPSA) is 53.3 Å². The molecule has 0 saturated carbocycles. The lowest BCUT2D eigenvalue weighted by atomic mass is 10.2. The molecule has 0 atom stereocenters. The van der Waals surface area contributed by atoms with Gasteiger partial charge in [-0.25, -0.2) is 0 Å². The normalized spacial score (nSPS) is 9.53. The highest BCUT2D eigenvalue weighted by molar-refractivity contribution is 9.10. The second-order valence-electron chi connectivity index (χ2n) is 3.55. The monoisotopic (exact) mass is 296 g/mol. The Labute approximate surface area is 109 Å². The first-order chi connectivity index (χ1) is 8.08. The number of methoxy groups -OCH3 is 1. The molecule has 1 aromatic carbocycles. The number of nitrogens with zero attached hydrogens (tertiary/aromatic N) is 2. The van der Waals surface area contributed by atoms with E-state index in [2.05, 4.69) is 15.9 Å². The van der Waals surface area contributed by atoms with Crippen LogP contribution in [0.4, 0.5) is 0 Å². The van der Waals surface area contributed by atoms with E-state index in [-0.39, 0.29) is 12.3 Å². The number of rotatable bonds is 4. The summed E-state index contributed by atoms with van der Waals surface area (Å²) < 4.78 is 5.97. The fraction of sp³-hybridized carbons (Fsp3) is 0.333. The summed E-state index contributed by atoms with van der Waals surface area (Å²) >= 11 is 3.38. The highest BCUT2D eigenvalue weighted by Crippen LogP contribution is 2.25. The van der Waals surface area contributed by atoms with Crippen LogP contribution in [0.1, 0.15) is 12.0 Å². The highest BCUT2D eigenvalue weighted by Gasteiger charge is 2.09. The lowest BCUT2D eigenvalue weighted by Gasteiger charge is -2.16. The van der Waals surface area contributed by atoms with Crippen LogP contribution in [-0.2, 0) is 11.3 Å². The molecule has 0 fully saturated rings. The zero-order valence-corrected chi connectivity index (χ0v) is 11.3. The molecule has 0 spiro atoms. The molecule has 0 aliphatic rings. The maximum absolute atomic E-state index is 11.4. The Morgan fingerprint density at radius 3 is 2.82 bits per heavy atom. The molecule has 5 heteroatoms. The molecule has 4 nitrogen and oxygen atoms in total. The average Bonchev–Trinajstić information content (AvgIpc) is 2.29. The quantitative estimate of drug-likeness (QED) is 0.857. The predicted octanol–water partition coefficient (Wildman–Crippen LogP) is 2.33.